The van der Waals surface area contributed by atoms with Crippen LogP contribution in [-0.2, 0) is 21.7 Å². The second-order valence-electron chi connectivity index (χ2n) is 5.97. The number of carboxylic acids is 1. The monoisotopic (exact) mass is 337 g/mol. The van der Waals surface area contributed by atoms with Crippen molar-refractivity contribution in [3.63, 3.8) is 0 Å². The topological polar surface area (TPSA) is 72.4 Å². The molecule has 124 valence electrons. The number of halogens is 3. The second kappa shape index (κ2) is 6.10. The zero-order chi connectivity index (χ0) is 17.3. The molecule has 1 rings (SSSR count). The Hall–Kier alpha value is -1.25. The molecule has 2 atom stereocenters. The van der Waals surface area contributed by atoms with Crippen molar-refractivity contribution in [2.75, 3.05) is 0 Å². The molecule has 0 aliphatic carbocycles. The molecule has 1 aromatic rings. The van der Waals surface area contributed by atoms with Crippen molar-refractivity contribution in [1.82, 2.24) is 4.72 Å². The van der Waals surface area contributed by atoms with E-state index in [-0.39, 0.29) is 0 Å². The van der Waals surface area contributed by atoms with E-state index in [9.17, 15) is 22.5 Å². The van der Waals surface area contributed by atoms with Crippen LogP contribution in [0.25, 0.3) is 0 Å². The second-order valence-corrected chi connectivity index (χ2v) is 7.93. The zero-order valence-electron chi connectivity index (χ0n) is 12.6. The fraction of sp³-hybridized carbons (Fsp3) is 0.500. The number of aliphatic carboxylic acids is 1. The highest BCUT2D eigenvalue weighted by atomic mass is 32.2. The van der Waals surface area contributed by atoms with Gasteiger partial charge in [-0.2, -0.15) is 8.78 Å². The third-order valence-corrected chi connectivity index (χ3v) is 4.87. The molecule has 0 fully saturated rings. The van der Waals surface area contributed by atoms with Gasteiger partial charge in [0.25, 0.3) is 0 Å². The molecule has 1 aromatic carbocycles. The predicted octanol–water partition coefficient (Wildman–Crippen LogP) is 2.81. The molecule has 0 spiro atoms. The molecule has 0 radical (unpaired) electrons. The maximum absolute atomic E-state index is 14.2. The Morgan fingerprint density at radius 1 is 1.23 bits per heavy atom. The van der Waals surface area contributed by atoms with Gasteiger partial charge in [0.2, 0.25) is 0 Å². The SMILES string of the molecule is CC(C)(C)[S+]([O-])NC(C)(c1ccccc1F)C(F)(F)C(=O)O. The molecule has 0 aliphatic heterocycles. The van der Waals surface area contributed by atoms with E-state index < -0.39 is 44.9 Å². The van der Waals surface area contributed by atoms with Crippen LogP contribution in [0.4, 0.5) is 13.2 Å². The van der Waals surface area contributed by atoms with Crippen LogP contribution in [0.3, 0.4) is 0 Å². The van der Waals surface area contributed by atoms with E-state index in [0.717, 1.165) is 19.1 Å². The molecule has 0 saturated heterocycles. The van der Waals surface area contributed by atoms with Crippen LogP contribution in [0.2, 0.25) is 0 Å². The van der Waals surface area contributed by atoms with Gasteiger partial charge >= 0.3 is 11.9 Å². The fourth-order valence-corrected chi connectivity index (χ4v) is 2.62. The van der Waals surface area contributed by atoms with E-state index >= 15 is 0 Å². The van der Waals surface area contributed by atoms with E-state index in [0.29, 0.717) is 0 Å². The first-order chi connectivity index (χ1) is 9.84. The largest absolute Gasteiger partial charge is 0.598 e. The lowest BCUT2D eigenvalue weighted by Crippen LogP contribution is -2.61. The lowest BCUT2D eigenvalue weighted by Gasteiger charge is -2.38. The number of carboxylic acid groups (broad SMARTS) is 1. The first-order valence-corrected chi connectivity index (χ1v) is 7.55. The highest BCUT2D eigenvalue weighted by Gasteiger charge is 2.61. The standard InChI is InChI=1S/C14H18F3NO3S/c1-12(2,3)22(21)18-13(4,14(16,17)11(19)20)9-7-5-6-8-10(9)15/h5-8,18H,1-4H3,(H,19,20). The zero-order valence-corrected chi connectivity index (χ0v) is 13.4. The molecule has 2 unspecified atom stereocenters. The molecule has 4 nitrogen and oxygen atoms in total. The Bertz CT molecular complexity index is 563. The smallest absolute Gasteiger partial charge is 0.377 e. The predicted molar refractivity (Wildman–Crippen MR) is 77.4 cm³/mol. The lowest BCUT2D eigenvalue weighted by atomic mass is 9.86. The quantitative estimate of drug-likeness (QED) is 0.811. The van der Waals surface area contributed by atoms with Crippen LogP contribution >= 0.6 is 0 Å². The van der Waals surface area contributed by atoms with Gasteiger partial charge < -0.3 is 9.66 Å². The minimum absolute atomic E-state index is 0.569. The third kappa shape index (κ3) is 3.39. The van der Waals surface area contributed by atoms with E-state index in [2.05, 4.69) is 4.72 Å². The number of hydrogen-bond acceptors (Lipinski definition) is 3. The number of alkyl halides is 2. The molecule has 0 aliphatic rings. The normalized spacial score (nSPS) is 16.9. The van der Waals surface area contributed by atoms with Gasteiger partial charge in [-0.05, 0) is 33.8 Å². The number of benzene rings is 1. The molecule has 0 amide bonds. The van der Waals surface area contributed by atoms with Gasteiger partial charge in [0.1, 0.15) is 10.6 Å². The summed E-state index contributed by atoms with van der Waals surface area (Å²) in [5, 5.41) is 8.83. The molecule has 2 N–H and O–H groups in total. The van der Waals surface area contributed by atoms with Crippen molar-refractivity contribution in [3.8, 4) is 0 Å². The van der Waals surface area contributed by atoms with Gasteiger partial charge in [0.05, 0.1) is 0 Å². The van der Waals surface area contributed by atoms with E-state index in [1.54, 1.807) is 0 Å². The van der Waals surface area contributed by atoms with Crippen molar-refractivity contribution < 1.29 is 27.6 Å². The minimum atomic E-state index is -4.38. The molecular formula is C14H18F3NO3S. The number of rotatable bonds is 5. The van der Waals surface area contributed by atoms with Crippen LogP contribution < -0.4 is 4.72 Å². The number of hydrogen-bond donors (Lipinski definition) is 2. The fourth-order valence-electron chi connectivity index (χ4n) is 1.71. The molecule has 8 heteroatoms. The van der Waals surface area contributed by atoms with Crippen LogP contribution in [-0.4, -0.2) is 26.3 Å². The van der Waals surface area contributed by atoms with Crippen molar-refractivity contribution in [2.24, 2.45) is 0 Å². The van der Waals surface area contributed by atoms with Crippen LogP contribution in [0.15, 0.2) is 24.3 Å². The van der Waals surface area contributed by atoms with Gasteiger partial charge in [-0.15, -0.1) is 4.72 Å². The first kappa shape index (κ1) is 18.8. The Balaban J connectivity index is 3.47. The minimum Gasteiger partial charge on any atom is -0.598 e. The van der Waals surface area contributed by atoms with Crippen molar-refractivity contribution in [3.05, 3.63) is 35.6 Å². The molecule has 0 saturated carbocycles. The van der Waals surface area contributed by atoms with Crippen LogP contribution in [0, 0.1) is 5.82 Å². The summed E-state index contributed by atoms with van der Waals surface area (Å²) in [5.41, 5.74) is -3.25. The summed E-state index contributed by atoms with van der Waals surface area (Å²) in [7, 11) is 0. The Morgan fingerprint density at radius 3 is 2.14 bits per heavy atom. The van der Waals surface area contributed by atoms with Crippen LogP contribution in [0.1, 0.15) is 33.3 Å². The Morgan fingerprint density at radius 2 is 1.73 bits per heavy atom. The summed E-state index contributed by atoms with van der Waals surface area (Å²) in [5.74, 6) is -7.82. The maximum Gasteiger partial charge on any atom is 0.377 e. The molecule has 0 aromatic heterocycles. The molecular weight excluding hydrogens is 319 g/mol. The highest BCUT2D eigenvalue weighted by molar-refractivity contribution is 7.90. The molecule has 22 heavy (non-hydrogen) atoms. The molecule has 0 heterocycles. The summed E-state index contributed by atoms with van der Waals surface area (Å²) >= 11 is -2.04. The summed E-state index contributed by atoms with van der Waals surface area (Å²) in [4.78, 5) is 11.0. The van der Waals surface area contributed by atoms with Gasteiger partial charge in [-0.3, -0.25) is 0 Å². The summed E-state index contributed by atoms with van der Waals surface area (Å²) in [6.07, 6.45) is 0. The van der Waals surface area contributed by atoms with Gasteiger partial charge in [-0.1, -0.05) is 18.2 Å². The van der Waals surface area contributed by atoms with Crippen molar-refractivity contribution in [2.45, 2.75) is 43.9 Å². The number of nitrogens with one attached hydrogen (secondary N) is 1. The van der Waals surface area contributed by atoms with E-state index in [1.807, 2.05) is 0 Å². The van der Waals surface area contributed by atoms with Gasteiger partial charge in [0.15, 0.2) is 5.54 Å². The third-order valence-electron chi connectivity index (χ3n) is 3.16. The summed E-state index contributed by atoms with van der Waals surface area (Å²) in [6.45, 7) is 5.40. The first-order valence-electron chi connectivity index (χ1n) is 6.40. The van der Waals surface area contributed by atoms with Gasteiger partial charge in [-0.25, -0.2) is 9.18 Å². The maximum atomic E-state index is 14.2. The average Bonchev–Trinajstić information content (AvgIpc) is 2.37. The van der Waals surface area contributed by atoms with Crippen molar-refractivity contribution in [1.29, 1.82) is 0 Å². The number of carbonyl (C=O) groups is 1. The average molecular weight is 337 g/mol. The summed E-state index contributed by atoms with van der Waals surface area (Å²) in [6, 6.07) is 4.57. The van der Waals surface area contributed by atoms with E-state index in [4.69, 9.17) is 5.11 Å². The Kier molecular flexibility index (Phi) is 5.21. The van der Waals surface area contributed by atoms with Crippen molar-refractivity contribution >= 4 is 17.3 Å². The Labute approximate surface area is 130 Å². The molecule has 0 bridgehead atoms. The highest BCUT2D eigenvalue weighted by Crippen LogP contribution is 2.40. The lowest BCUT2D eigenvalue weighted by molar-refractivity contribution is -0.177. The summed E-state index contributed by atoms with van der Waals surface area (Å²) < 4.78 is 55.8. The van der Waals surface area contributed by atoms with E-state index in [1.165, 1.54) is 32.9 Å². The van der Waals surface area contributed by atoms with Gasteiger partial charge in [0, 0.05) is 16.9 Å². The van der Waals surface area contributed by atoms with Crippen LogP contribution in [0.5, 0.6) is 0 Å².